The van der Waals surface area contributed by atoms with Crippen molar-refractivity contribution in [3.8, 4) is 0 Å². The van der Waals surface area contributed by atoms with Gasteiger partial charge in [0.05, 0.1) is 18.9 Å². The summed E-state index contributed by atoms with van der Waals surface area (Å²) in [5, 5.41) is -0.0304. The molecule has 0 aromatic rings. The highest BCUT2D eigenvalue weighted by molar-refractivity contribution is 6.82. The minimum Gasteiger partial charge on any atom is -0.414 e. The molecular formula is C23H54O3Si4. The molecule has 0 N–H and O–H groups in total. The molecule has 3 nitrogen and oxygen atoms in total. The van der Waals surface area contributed by atoms with Crippen LogP contribution < -0.4 is 0 Å². The van der Waals surface area contributed by atoms with Crippen molar-refractivity contribution in [2.24, 2.45) is 0 Å². The summed E-state index contributed by atoms with van der Waals surface area (Å²) in [6.07, 6.45) is 2.24. The fourth-order valence-corrected chi connectivity index (χ4v) is 18.3. The van der Waals surface area contributed by atoms with Gasteiger partial charge in [-0.2, -0.15) is 0 Å². The fourth-order valence-electron chi connectivity index (χ4n) is 4.96. The minimum atomic E-state index is -2.01. The second-order valence-electron chi connectivity index (χ2n) is 13.2. The Morgan fingerprint density at radius 1 is 1.00 bits per heavy atom. The zero-order valence-electron chi connectivity index (χ0n) is 23.1. The Kier molecular flexibility index (Phi) is 8.48. The predicted molar refractivity (Wildman–Crippen MR) is 144 cm³/mol. The van der Waals surface area contributed by atoms with Crippen molar-refractivity contribution in [2.75, 3.05) is 0 Å². The van der Waals surface area contributed by atoms with Crippen molar-refractivity contribution < 1.29 is 13.3 Å². The molecule has 0 amide bonds. The van der Waals surface area contributed by atoms with E-state index < -0.39 is 33.0 Å². The van der Waals surface area contributed by atoms with E-state index in [4.69, 9.17) is 13.3 Å². The number of hydrogen-bond donors (Lipinski definition) is 0. The molecular weight excluding hydrogens is 437 g/mol. The first-order valence-corrected chi connectivity index (χ1v) is 24.4. The van der Waals surface area contributed by atoms with Crippen molar-refractivity contribution in [1.29, 1.82) is 0 Å². The van der Waals surface area contributed by atoms with E-state index in [0.29, 0.717) is 5.54 Å². The maximum atomic E-state index is 7.25. The third-order valence-corrected chi connectivity index (χ3v) is 23.3. The molecule has 0 bridgehead atoms. The van der Waals surface area contributed by atoms with Crippen LogP contribution in [0.2, 0.25) is 70.0 Å². The van der Waals surface area contributed by atoms with Gasteiger partial charge in [0, 0.05) is 10.8 Å². The lowest BCUT2D eigenvalue weighted by Crippen LogP contribution is -2.71. The van der Waals surface area contributed by atoms with Crippen LogP contribution in [0, 0.1) is 0 Å². The summed E-state index contributed by atoms with van der Waals surface area (Å²) in [5.74, 6) is 0. The lowest BCUT2D eigenvalue weighted by Gasteiger charge is -2.59. The van der Waals surface area contributed by atoms with Gasteiger partial charge in [-0.25, -0.2) is 0 Å². The second-order valence-corrected chi connectivity index (χ2v) is 31.8. The molecule has 7 heteroatoms. The molecule has 1 rings (SSSR count). The van der Waals surface area contributed by atoms with E-state index in [1.807, 2.05) is 0 Å². The summed E-state index contributed by atoms with van der Waals surface area (Å²) < 4.78 is 21.1. The Morgan fingerprint density at radius 3 is 1.80 bits per heavy atom. The normalized spacial score (nSPS) is 30.9. The lowest BCUT2D eigenvalue weighted by molar-refractivity contribution is 0.0161. The minimum absolute atomic E-state index is 0.0155. The topological polar surface area (TPSA) is 27.7 Å². The summed E-state index contributed by atoms with van der Waals surface area (Å²) in [7, 11) is -7.06. The molecule has 0 aliphatic carbocycles. The molecule has 0 radical (unpaired) electrons. The summed E-state index contributed by atoms with van der Waals surface area (Å²) in [4.78, 5) is 0. The molecule has 5 unspecified atom stereocenters. The van der Waals surface area contributed by atoms with Crippen molar-refractivity contribution in [2.45, 2.75) is 147 Å². The molecule has 1 fully saturated rings. The molecule has 30 heavy (non-hydrogen) atoms. The maximum Gasteiger partial charge on any atom is 0.220 e. The van der Waals surface area contributed by atoms with Gasteiger partial charge < -0.3 is 13.3 Å². The van der Waals surface area contributed by atoms with E-state index in [2.05, 4.69) is 101 Å². The van der Waals surface area contributed by atoms with E-state index in [0.717, 1.165) is 18.9 Å². The van der Waals surface area contributed by atoms with Crippen LogP contribution in [0.5, 0.6) is 0 Å². The Balaban J connectivity index is 3.15. The van der Waals surface area contributed by atoms with Gasteiger partial charge in [-0.15, -0.1) is 0 Å². The van der Waals surface area contributed by atoms with Gasteiger partial charge in [-0.05, 0) is 85.4 Å². The molecule has 1 aliphatic rings. The monoisotopic (exact) mass is 490 g/mol. The third kappa shape index (κ3) is 5.81. The van der Waals surface area contributed by atoms with Gasteiger partial charge >= 0.3 is 0 Å². The van der Waals surface area contributed by atoms with Crippen molar-refractivity contribution in [3.05, 3.63) is 0 Å². The first-order chi connectivity index (χ1) is 13.1. The fraction of sp³-hybridized carbons (Fsp3) is 1.00. The van der Waals surface area contributed by atoms with Gasteiger partial charge in [0.25, 0.3) is 0 Å². The van der Waals surface area contributed by atoms with E-state index in [9.17, 15) is 0 Å². The highest BCUT2D eigenvalue weighted by Crippen LogP contribution is 2.51. The second kappa shape index (κ2) is 8.84. The molecule has 180 valence electrons. The van der Waals surface area contributed by atoms with Crippen LogP contribution in [0.4, 0.5) is 0 Å². The quantitative estimate of drug-likeness (QED) is 0.275. The zero-order valence-corrected chi connectivity index (χ0v) is 27.1. The van der Waals surface area contributed by atoms with E-state index in [1.165, 1.54) is 6.04 Å². The largest absolute Gasteiger partial charge is 0.414 e. The van der Waals surface area contributed by atoms with Crippen LogP contribution >= 0.6 is 0 Å². The molecule has 0 aromatic heterocycles. The van der Waals surface area contributed by atoms with Crippen LogP contribution in [0.15, 0.2) is 0 Å². The van der Waals surface area contributed by atoms with Gasteiger partial charge in [-0.3, -0.25) is 0 Å². The van der Waals surface area contributed by atoms with Crippen molar-refractivity contribution >= 4 is 33.0 Å². The SMILES string of the molecule is CCC(C)(O[Si](C)(CC)C(C)C(C)(C)O[Si]1(C)CCC1(C)O[Si](C)(C)C)[Si](C)(C)C. The molecule has 0 spiro atoms. The van der Waals surface area contributed by atoms with Gasteiger partial charge in [-0.1, -0.05) is 40.4 Å². The van der Waals surface area contributed by atoms with E-state index in [-0.39, 0.29) is 16.0 Å². The highest BCUT2D eigenvalue weighted by atomic mass is 28.4. The van der Waals surface area contributed by atoms with Crippen LogP contribution in [0.1, 0.15) is 61.3 Å². The summed E-state index contributed by atoms with van der Waals surface area (Å²) >= 11 is 0. The molecule has 0 saturated carbocycles. The average Bonchev–Trinajstić information content (AvgIpc) is 2.56. The van der Waals surface area contributed by atoms with Gasteiger partial charge in [0.2, 0.25) is 8.32 Å². The third-order valence-electron chi connectivity index (χ3n) is 8.60. The van der Waals surface area contributed by atoms with Crippen LogP contribution in [-0.2, 0) is 13.3 Å². The Bertz CT molecular complexity index is 600. The maximum absolute atomic E-state index is 7.25. The van der Waals surface area contributed by atoms with Crippen LogP contribution in [-0.4, -0.2) is 49.1 Å². The smallest absolute Gasteiger partial charge is 0.220 e. The molecule has 0 aromatic carbocycles. The Hall–Kier alpha value is 0.748. The summed E-state index contributed by atoms with van der Waals surface area (Å²) in [5.41, 5.74) is 0.217. The average molecular weight is 491 g/mol. The van der Waals surface area contributed by atoms with Crippen molar-refractivity contribution in [3.63, 3.8) is 0 Å². The first kappa shape index (κ1) is 28.8. The lowest BCUT2D eigenvalue weighted by atomic mass is 10.1. The predicted octanol–water partition coefficient (Wildman–Crippen LogP) is 7.96. The number of hydrogen-bond acceptors (Lipinski definition) is 3. The van der Waals surface area contributed by atoms with Crippen molar-refractivity contribution in [1.82, 2.24) is 0 Å². The first-order valence-electron chi connectivity index (χ1n) is 12.2. The van der Waals surface area contributed by atoms with E-state index in [1.54, 1.807) is 0 Å². The molecule has 5 atom stereocenters. The number of rotatable bonds is 11. The standard InChI is InChI=1S/C23H54O3Si4/c1-16-22(6,27(8,9)10)26-29(14,17-2)20(3)21(4,5)24-30(15)19-18-23(30,7)25-28(11,12)13/h20H,16-19H2,1-15H3. The highest BCUT2D eigenvalue weighted by Gasteiger charge is 2.62. The van der Waals surface area contributed by atoms with Gasteiger partial charge in [0.15, 0.2) is 16.6 Å². The van der Waals surface area contributed by atoms with E-state index >= 15 is 0 Å². The Labute approximate surface area is 193 Å². The van der Waals surface area contributed by atoms with Crippen LogP contribution in [0.3, 0.4) is 0 Å². The van der Waals surface area contributed by atoms with Gasteiger partial charge in [0.1, 0.15) is 0 Å². The summed E-state index contributed by atoms with van der Waals surface area (Å²) in [6.45, 7) is 35.5. The Morgan fingerprint density at radius 2 is 1.50 bits per heavy atom. The molecule has 1 saturated heterocycles. The zero-order chi connectivity index (χ0) is 24.0. The summed E-state index contributed by atoms with van der Waals surface area (Å²) in [6, 6.07) is 2.33. The van der Waals surface area contributed by atoms with Crippen LogP contribution in [0.25, 0.3) is 0 Å². The molecule has 1 heterocycles. The molecule has 1 aliphatic heterocycles.